The lowest BCUT2D eigenvalue weighted by atomic mass is 10.1. The zero-order valence-electron chi connectivity index (χ0n) is 18.8. The topological polar surface area (TPSA) is 67.2 Å². The summed E-state index contributed by atoms with van der Waals surface area (Å²) in [6.45, 7) is 3.25. The number of carbonyl (C=O) groups is 1. The van der Waals surface area contributed by atoms with E-state index >= 15 is 0 Å². The Kier molecular flexibility index (Phi) is 5.45. The Morgan fingerprint density at radius 3 is 2.61 bits per heavy atom. The Morgan fingerprint density at radius 1 is 0.970 bits per heavy atom. The lowest BCUT2D eigenvalue weighted by Gasteiger charge is -2.25. The number of carbonyl (C=O) groups excluding carboxylic acids is 1. The van der Waals surface area contributed by atoms with Gasteiger partial charge in [0.25, 0.3) is 0 Å². The second kappa shape index (κ2) is 8.60. The number of amides is 1. The molecule has 3 aliphatic rings. The first-order chi connectivity index (χ1) is 16.2. The summed E-state index contributed by atoms with van der Waals surface area (Å²) < 4.78 is 1.87. The van der Waals surface area contributed by atoms with Gasteiger partial charge in [0, 0.05) is 43.0 Å². The van der Waals surface area contributed by atoms with Crippen molar-refractivity contribution in [2.75, 3.05) is 31.1 Å². The second-order valence-electron chi connectivity index (χ2n) is 9.60. The molecule has 0 spiro atoms. The highest BCUT2D eigenvalue weighted by atomic mass is 35.5. The van der Waals surface area contributed by atoms with E-state index in [9.17, 15) is 4.79 Å². The SMILES string of the molecule is O=C(C1CCCC1)N1CCCN(c2nc(C3CC3)nc3c2cnn3-c2cccc(Cl)c2)CC1. The molecule has 172 valence electrons. The summed E-state index contributed by atoms with van der Waals surface area (Å²) in [6, 6.07) is 7.70. The predicted molar refractivity (Wildman–Crippen MR) is 129 cm³/mol. The van der Waals surface area contributed by atoms with Crippen LogP contribution in [-0.2, 0) is 4.79 Å². The van der Waals surface area contributed by atoms with Crippen LogP contribution in [0.2, 0.25) is 5.02 Å². The zero-order chi connectivity index (χ0) is 22.4. The Bertz CT molecular complexity index is 1180. The van der Waals surface area contributed by atoms with Crippen LogP contribution in [0.3, 0.4) is 0 Å². The van der Waals surface area contributed by atoms with Crippen molar-refractivity contribution < 1.29 is 4.79 Å². The van der Waals surface area contributed by atoms with Gasteiger partial charge in [0.2, 0.25) is 5.91 Å². The maximum absolute atomic E-state index is 13.0. The van der Waals surface area contributed by atoms with Crippen molar-refractivity contribution in [3.05, 3.63) is 41.3 Å². The van der Waals surface area contributed by atoms with Gasteiger partial charge in [-0.05, 0) is 50.3 Å². The molecule has 0 bridgehead atoms. The largest absolute Gasteiger partial charge is 0.354 e. The molecule has 0 unspecified atom stereocenters. The summed E-state index contributed by atoms with van der Waals surface area (Å²) in [5.41, 5.74) is 1.72. The van der Waals surface area contributed by atoms with Crippen LogP contribution in [0.4, 0.5) is 5.82 Å². The monoisotopic (exact) mass is 464 g/mol. The normalized spacial score (nSPS) is 19.9. The van der Waals surface area contributed by atoms with Gasteiger partial charge < -0.3 is 9.80 Å². The van der Waals surface area contributed by atoms with Gasteiger partial charge in [-0.2, -0.15) is 5.10 Å². The smallest absolute Gasteiger partial charge is 0.225 e. The third-order valence-corrected chi connectivity index (χ3v) is 7.47. The van der Waals surface area contributed by atoms with E-state index in [1.807, 2.05) is 35.1 Å². The van der Waals surface area contributed by atoms with Gasteiger partial charge in [-0.1, -0.05) is 30.5 Å². The third-order valence-electron chi connectivity index (χ3n) is 7.23. The van der Waals surface area contributed by atoms with Crippen molar-refractivity contribution in [2.24, 2.45) is 5.92 Å². The van der Waals surface area contributed by atoms with Crippen LogP contribution in [0, 0.1) is 5.92 Å². The molecule has 6 rings (SSSR count). The molecule has 7 nitrogen and oxygen atoms in total. The fourth-order valence-corrected chi connectivity index (χ4v) is 5.44. The molecular formula is C25H29ClN6O. The maximum atomic E-state index is 13.0. The summed E-state index contributed by atoms with van der Waals surface area (Å²) in [7, 11) is 0. The lowest BCUT2D eigenvalue weighted by molar-refractivity contribution is -0.135. The predicted octanol–water partition coefficient (Wildman–Crippen LogP) is 4.58. The minimum absolute atomic E-state index is 0.236. The van der Waals surface area contributed by atoms with E-state index in [1.54, 1.807) is 0 Å². The highest BCUT2D eigenvalue weighted by Crippen LogP contribution is 2.40. The molecule has 3 aromatic rings. The van der Waals surface area contributed by atoms with Gasteiger partial charge >= 0.3 is 0 Å². The van der Waals surface area contributed by atoms with Crippen LogP contribution in [0.25, 0.3) is 16.7 Å². The number of fused-ring (bicyclic) bond motifs is 1. The number of aromatic nitrogens is 4. The standard InChI is InChI=1S/C25H29ClN6O/c26-19-7-3-8-20(15-19)32-24-21(16-27-32)23(28-22(29-24)17-9-10-17)30-11-4-12-31(14-13-30)25(33)18-5-1-2-6-18/h3,7-8,15-18H,1-2,4-6,9-14H2. The average molecular weight is 465 g/mol. The molecule has 3 heterocycles. The van der Waals surface area contributed by atoms with Crippen molar-refractivity contribution in [3.8, 4) is 5.69 Å². The lowest BCUT2D eigenvalue weighted by Crippen LogP contribution is -2.38. The molecule has 1 amide bonds. The first kappa shape index (κ1) is 20.9. The van der Waals surface area contributed by atoms with Crippen molar-refractivity contribution in [1.82, 2.24) is 24.6 Å². The van der Waals surface area contributed by atoms with Crippen LogP contribution in [0.5, 0.6) is 0 Å². The molecule has 1 aliphatic heterocycles. The molecule has 2 aliphatic carbocycles. The average Bonchev–Trinajstić information content (AvgIpc) is 3.45. The summed E-state index contributed by atoms with van der Waals surface area (Å²) in [5.74, 6) is 2.88. The van der Waals surface area contributed by atoms with E-state index in [1.165, 1.54) is 12.8 Å². The minimum atomic E-state index is 0.236. The number of anilines is 1. The summed E-state index contributed by atoms with van der Waals surface area (Å²) >= 11 is 6.25. The van der Waals surface area contributed by atoms with Crippen LogP contribution in [0.1, 0.15) is 56.7 Å². The van der Waals surface area contributed by atoms with E-state index in [0.717, 1.165) is 86.6 Å². The fourth-order valence-electron chi connectivity index (χ4n) is 5.25. The van der Waals surface area contributed by atoms with Crippen molar-refractivity contribution in [1.29, 1.82) is 0 Å². The molecule has 2 aromatic heterocycles. The van der Waals surface area contributed by atoms with Crippen molar-refractivity contribution >= 4 is 34.4 Å². The molecule has 33 heavy (non-hydrogen) atoms. The second-order valence-corrected chi connectivity index (χ2v) is 10.0. The Labute approximate surface area is 198 Å². The van der Waals surface area contributed by atoms with Gasteiger partial charge in [-0.15, -0.1) is 0 Å². The van der Waals surface area contributed by atoms with Gasteiger partial charge in [-0.25, -0.2) is 14.6 Å². The van der Waals surface area contributed by atoms with Gasteiger partial charge in [-0.3, -0.25) is 4.79 Å². The molecule has 3 fully saturated rings. The summed E-state index contributed by atoms with van der Waals surface area (Å²) in [4.78, 5) is 27.4. The zero-order valence-corrected chi connectivity index (χ0v) is 19.5. The van der Waals surface area contributed by atoms with Crippen LogP contribution in [0.15, 0.2) is 30.5 Å². The van der Waals surface area contributed by atoms with Crippen molar-refractivity contribution in [3.63, 3.8) is 0 Å². The van der Waals surface area contributed by atoms with Gasteiger partial charge in [0.1, 0.15) is 11.6 Å². The van der Waals surface area contributed by atoms with Crippen LogP contribution < -0.4 is 4.90 Å². The molecule has 1 saturated heterocycles. The number of halogens is 1. The quantitative estimate of drug-likeness (QED) is 0.565. The first-order valence-electron chi connectivity index (χ1n) is 12.2. The number of benzene rings is 1. The minimum Gasteiger partial charge on any atom is -0.354 e. The number of rotatable bonds is 4. The Hall–Kier alpha value is -2.67. The fraction of sp³-hybridized carbons (Fsp3) is 0.520. The first-order valence-corrected chi connectivity index (χ1v) is 12.6. The van der Waals surface area contributed by atoms with Gasteiger partial charge in [0.05, 0.1) is 17.3 Å². The van der Waals surface area contributed by atoms with E-state index < -0.39 is 0 Å². The highest BCUT2D eigenvalue weighted by Gasteiger charge is 2.31. The highest BCUT2D eigenvalue weighted by molar-refractivity contribution is 6.30. The molecule has 0 radical (unpaired) electrons. The molecule has 1 aromatic carbocycles. The summed E-state index contributed by atoms with van der Waals surface area (Å²) in [5, 5.41) is 6.29. The third kappa shape index (κ3) is 4.07. The van der Waals surface area contributed by atoms with Crippen molar-refractivity contribution in [2.45, 2.75) is 50.9 Å². The maximum Gasteiger partial charge on any atom is 0.225 e. The number of hydrogen-bond donors (Lipinski definition) is 0. The number of nitrogens with zero attached hydrogens (tertiary/aromatic N) is 6. The Morgan fingerprint density at radius 2 is 1.82 bits per heavy atom. The van der Waals surface area contributed by atoms with E-state index in [2.05, 4.69) is 14.9 Å². The molecule has 0 N–H and O–H groups in total. The Balaban J connectivity index is 1.33. The molecular weight excluding hydrogens is 436 g/mol. The molecule has 2 saturated carbocycles. The number of hydrogen-bond acceptors (Lipinski definition) is 5. The van der Waals surface area contributed by atoms with Crippen LogP contribution >= 0.6 is 11.6 Å². The van der Waals surface area contributed by atoms with Crippen LogP contribution in [-0.4, -0.2) is 56.7 Å². The molecule has 8 heteroatoms. The van der Waals surface area contributed by atoms with E-state index in [4.69, 9.17) is 21.6 Å². The van der Waals surface area contributed by atoms with E-state index in [-0.39, 0.29) is 5.92 Å². The van der Waals surface area contributed by atoms with E-state index in [0.29, 0.717) is 16.8 Å². The van der Waals surface area contributed by atoms with Gasteiger partial charge in [0.15, 0.2) is 5.65 Å². The summed E-state index contributed by atoms with van der Waals surface area (Å²) in [6.07, 6.45) is 9.59. The molecule has 0 atom stereocenters.